The van der Waals surface area contributed by atoms with Crippen molar-refractivity contribution in [2.45, 2.75) is 33.2 Å². The van der Waals surface area contributed by atoms with Crippen LogP contribution in [-0.2, 0) is 11.2 Å². The van der Waals surface area contributed by atoms with Gasteiger partial charge in [-0.25, -0.2) is 0 Å². The van der Waals surface area contributed by atoms with Crippen molar-refractivity contribution in [1.29, 1.82) is 0 Å². The Morgan fingerprint density at radius 3 is 2.38 bits per heavy atom. The van der Waals surface area contributed by atoms with E-state index in [1.807, 2.05) is 6.92 Å². The van der Waals surface area contributed by atoms with Crippen molar-refractivity contribution in [2.75, 3.05) is 0 Å². The van der Waals surface area contributed by atoms with E-state index in [0.29, 0.717) is 6.42 Å². The van der Waals surface area contributed by atoms with Crippen molar-refractivity contribution in [2.24, 2.45) is 4.99 Å². The van der Waals surface area contributed by atoms with E-state index in [0.717, 1.165) is 5.84 Å². The van der Waals surface area contributed by atoms with Crippen molar-refractivity contribution in [3.05, 3.63) is 34.9 Å². The van der Waals surface area contributed by atoms with E-state index in [9.17, 15) is 4.79 Å². The molecule has 0 aromatic heterocycles. The molecule has 1 aliphatic heterocycles. The number of carbonyl (C=O) groups is 1. The van der Waals surface area contributed by atoms with Gasteiger partial charge in [0.1, 0.15) is 11.9 Å². The van der Waals surface area contributed by atoms with Crippen molar-refractivity contribution in [1.82, 2.24) is 5.32 Å². The van der Waals surface area contributed by atoms with Gasteiger partial charge in [0.2, 0.25) is 5.91 Å². The molecule has 1 atom stereocenters. The average Bonchev–Trinajstić information content (AvgIpc) is 2.43. The summed E-state index contributed by atoms with van der Waals surface area (Å²) >= 11 is 0. The number of aliphatic imine (C=N–C) groups is 1. The fourth-order valence-corrected chi connectivity index (χ4v) is 2.03. The van der Waals surface area contributed by atoms with Crippen LogP contribution < -0.4 is 5.32 Å². The van der Waals surface area contributed by atoms with Crippen LogP contribution in [0.25, 0.3) is 0 Å². The second-order valence-electron chi connectivity index (χ2n) is 4.41. The Labute approximate surface area is 95.6 Å². The minimum atomic E-state index is -0.235. The molecule has 0 saturated heterocycles. The molecule has 0 bridgehead atoms. The highest BCUT2D eigenvalue weighted by Crippen LogP contribution is 2.11. The molecular formula is C13H16N2O. The van der Waals surface area contributed by atoms with Gasteiger partial charge in [0.15, 0.2) is 0 Å². The van der Waals surface area contributed by atoms with Gasteiger partial charge in [0.25, 0.3) is 0 Å². The van der Waals surface area contributed by atoms with Gasteiger partial charge >= 0.3 is 0 Å². The molecule has 0 aliphatic carbocycles. The lowest BCUT2D eigenvalue weighted by molar-refractivity contribution is -0.119. The lowest BCUT2D eigenvalue weighted by atomic mass is 10.0. The number of amidine groups is 1. The van der Waals surface area contributed by atoms with Crippen LogP contribution in [0.4, 0.5) is 0 Å². The molecule has 0 spiro atoms. The van der Waals surface area contributed by atoms with Crippen LogP contribution in [0.3, 0.4) is 0 Å². The van der Waals surface area contributed by atoms with E-state index < -0.39 is 0 Å². The predicted molar refractivity (Wildman–Crippen MR) is 64.7 cm³/mol. The molecule has 1 heterocycles. The lowest BCUT2D eigenvalue weighted by Crippen LogP contribution is -2.28. The summed E-state index contributed by atoms with van der Waals surface area (Å²) in [5.74, 6) is 0.780. The third-order valence-electron chi connectivity index (χ3n) is 2.65. The number of aryl methyl sites for hydroxylation is 2. The number of hydrogen-bond acceptors (Lipinski definition) is 2. The quantitative estimate of drug-likeness (QED) is 0.804. The standard InChI is InChI=1S/C13H16N2O/c1-8-4-9(2)6-11(5-8)7-12-14-10(3)13(16)15-12/h4-6,10H,7H2,1-3H3,(H,14,15,16). The Kier molecular flexibility index (Phi) is 2.77. The summed E-state index contributed by atoms with van der Waals surface area (Å²) in [6.07, 6.45) is 0.707. The smallest absolute Gasteiger partial charge is 0.249 e. The molecule has 1 amide bonds. The molecule has 2 rings (SSSR count). The van der Waals surface area contributed by atoms with Crippen LogP contribution >= 0.6 is 0 Å². The zero-order valence-corrected chi connectivity index (χ0v) is 9.87. The monoisotopic (exact) mass is 216 g/mol. The summed E-state index contributed by atoms with van der Waals surface area (Å²) in [4.78, 5) is 15.6. The van der Waals surface area contributed by atoms with Crippen molar-refractivity contribution in [3.8, 4) is 0 Å². The van der Waals surface area contributed by atoms with E-state index in [4.69, 9.17) is 0 Å². The van der Waals surface area contributed by atoms with E-state index in [2.05, 4.69) is 42.4 Å². The second kappa shape index (κ2) is 4.08. The minimum Gasteiger partial charge on any atom is -0.312 e. The average molecular weight is 216 g/mol. The molecular weight excluding hydrogens is 200 g/mol. The summed E-state index contributed by atoms with van der Waals surface area (Å²) in [7, 11) is 0. The summed E-state index contributed by atoms with van der Waals surface area (Å²) in [6.45, 7) is 5.96. The molecule has 1 N–H and O–H groups in total. The lowest BCUT2D eigenvalue weighted by Gasteiger charge is -2.04. The SMILES string of the molecule is Cc1cc(C)cc(CC2=NC(C)C(=O)N2)c1. The number of carbonyl (C=O) groups excluding carboxylic acids is 1. The first-order chi connectivity index (χ1) is 7.54. The molecule has 3 nitrogen and oxygen atoms in total. The fraction of sp³-hybridized carbons (Fsp3) is 0.385. The Morgan fingerprint density at radius 2 is 1.88 bits per heavy atom. The number of nitrogens with one attached hydrogen (secondary N) is 1. The Morgan fingerprint density at radius 1 is 1.25 bits per heavy atom. The van der Waals surface area contributed by atoms with Crippen LogP contribution in [0.1, 0.15) is 23.6 Å². The molecule has 84 valence electrons. The first-order valence-corrected chi connectivity index (χ1v) is 5.49. The van der Waals surface area contributed by atoms with Crippen molar-refractivity contribution >= 4 is 11.7 Å². The first-order valence-electron chi connectivity index (χ1n) is 5.49. The highest BCUT2D eigenvalue weighted by Gasteiger charge is 2.21. The van der Waals surface area contributed by atoms with Crippen molar-refractivity contribution < 1.29 is 4.79 Å². The number of nitrogens with zero attached hydrogens (tertiary/aromatic N) is 1. The molecule has 1 unspecified atom stereocenters. The number of rotatable bonds is 2. The number of benzene rings is 1. The van der Waals surface area contributed by atoms with E-state index in [1.165, 1.54) is 16.7 Å². The van der Waals surface area contributed by atoms with Gasteiger partial charge in [0, 0.05) is 6.42 Å². The van der Waals surface area contributed by atoms with Crippen LogP contribution in [0, 0.1) is 13.8 Å². The summed E-state index contributed by atoms with van der Waals surface area (Å²) in [5, 5.41) is 2.80. The zero-order valence-electron chi connectivity index (χ0n) is 9.87. The van der Waals surface area contributed by atoms with E-state index >= 15 is 0 Å². The summed E-state index contributed by atoms with van der Waals surface area (Å²) < 4.78 is 0. The predicted octanol–water partition coefficient (Wildman–Crippen LogP) is 1.76. The maximum Gasteiger partial charge on any atom is 0.249 e. The van der Waals surface area contributed by atoms with Crippen LogP contribution in [0.15, 0.2) is 23.2 Å². The Bertz CT molecular complexity index is 443. The van der Waals surface area contributed by atoms with Gasteiger partial charge in [-0.2, -0.15) is 0 Å². The molecule has 16 heavy (non-hydrogen) atoms. The zero-order chi connectivity index (χ0) is 11.7. The van der Waals surface area contributed by atoms with Gasteiger partial charge in [0.05, 0.1) is 0 Å². The molecule has 1 aromatic rings. The molecule has 3 heteroatoms. The Balaban J connectivity index is 2.16. The maximum absolute atomic E-state index is 11.3. The van der Waals surface area contributed by atoms with Crippen LogP contribution in [0.5, 0.6) is 0 Å². The second-order valence-corrected chi connectivity index (χ2v) is 4.41. The molecule has 1 aliphatic rings. The highest BCUT2D eigenvalue weighted by molar-refractivity contribution is 6.06. The molecule has 0 saturated carbocycles. The van der Waals surface area contributed by atoms with E-state index in [-0.39, 0.29) is 11.9 Å². The van der Waals surface area contributed by atoms with Crippen LogP contribution in [-0.4, -0.2) is 17.8 Å². The third-order valence-corrected chi connectivity index (χ3v) is 2.65. The summed E-state index contributed by atoms with van der Waals surface area (Å²) in [5.41, 5.74) is 3.69. The topological polar surface area (TPSA) is 41.5 Å². The number of hydrogen-bond donors (Lipinski definition) is 1. The van der Waals surface area contributed by atoms with Gasteiger partial charge in [-0.05, 0) is 26.3 Å². The van der Waals surface area contributed by atoms with Crippen molar-refractivity contribution in [3.63, 3.8) is 0 Å². The van der Waals surface area contributed by atoms with Gasteiger partial charge < -0.3 is 5.32 Å². The minimum absolute atomic E-state index is 0.000579. The molecule has 0 fully saturated rings. The van der Waals surface area contributed by atoms with Gasteiger partial charge in [-0.15, -0.1) is 0 Å². The van der Waals surface area contributed by atoms with Crippen LogP contribution in [0.2, 0.25) is 0 Å². The highest BCUT2D eigenvalue weighted by atomic mass is 16.2. The molecule has 1 aromatic carbocycles. The van der Waals surface area contributed by atoms with E-state index in [1.54, 1.807) is 0 Å². The third kappa shape index (κ3) is 2.30. The molecule has 0 radical (unpaired) electrons. The normalized spacial score (nSPS) is 19.6. The largest absolute Gasteiger partial charge is 0.312 e. The first kappa shape index (κ1) is 10.9. The summed E-state index contributed by atoms with van der Waals surface area (Å²) in [6, 6.07) is 6.16. The fourth-order valence-electron chi connectivity index (χ4n) is 2.03. The Hall–Kier alpha value is -1.64. The van der Waals surface area contributed by atoms with Gasteiger partial charge in [-0.3, -0.25) is 9.79 Å². The van der Waals surface area contributed by atoms with Gasteiger partial charge in [-0.1, -0.05) is 29.3 Å². The number of amides is 1. The maximum atomic E-state index is 11.3.